The molecule has 0 bridgehead atoms. The highest BCUT2D eigenvalue weighted by atomic mass is 35.5. The number of halogens is 1. The Labute approximate surface area is 159 Å². The molecule has 4 heteroatoms. The molecule has 2 fully saturated rings. The van der Waals surface area contributed by atoms with Gasteiger partial charge in [0.1, 0.15) is 18.5 Å². The Morgan fingerprint density at radius 3 is 2.48 bits per heavy atom. The van der Waals surface area contributed by atoms with E-state index >= 15 is 0 Å². The van der Waals surface area contributed by atoms with Gasteiger partial charge < -0.3 is 14.7 Å². The van der Waals surface area contributed by atoms with Crippen LogP contribution in [0, 0.1) is 5.92 Å². The fourth-order valence-corrected chi connectivity index (χ4v) is 4.27. The number of rotatable bonds is 6. The van der Waals surface area contributed by atoms with Gasteiger partial charge in [-0.05, 0) is 61.8 Å². The van der Waals surface area contributed by atoms with Crippen molar-refractivity contribution in [1.29, 1.82) is 0 Å². The summed E-state index contributed by atoms with van der Waals surface area (Å²) >= 11 is 0. The normalized spacial score (nSPS) is 23.7. The van der Waals surface area contributed by atoms with Gasteiger partial charge in [-0.15, -0.1) is 12.4 Å². The second-order valence-corrected chi connectivity index (χ2v) is 7.88. The van der Waals surface area contributed by atoms with E-state index in [1.807, 2.05) is 0 Å². The van der Waals surface area contributed by atoms with E-state index in [2.05, 4.69) is 36.1 Å². The Morgan fingerprint density at radius 1 is 1.08 bits per heavy atom. The summed E-state index contributed by atoms with van der Waals surface area (Å²) in [4.78, 5) is 2.37. The summed E-state index contributed by atoms with van der Waals surface area (Å²) in [6.45, 7) is 5.62. The van der Waals surface area contributed by atoms with Crippen LogP contribution >= 0.6 is 12.4 Å². The maximum absolute atomic E-state index is 10.2. The number of β-amino-alcohol motifs (C(OH)–C–C–N with tert-alkyl or cyclic N) is 1. The van der Waals surface area contributed by atoms with Crippen LogP contribution in [0.3, 0.4) is 0 Å². The smallest absolute Gasteiger partial charge is 0.119 e. The molecule has 25 heavy (non-hydrogen) atoms. The maximum Gasteiger partial charge on any atom is 0.119 e. The first-order chi connectivity index (χ1) is 11.7. The van der Waals surface area contributed by atoms with Gasteiger partial charge in [-0.3, -0.25) is 0 Å². The van der Waals surface area contributed by atoms with Crippen LogP contribution in [0.25, 0.3) is 0 Å². The number of aliphatic hydroxyl groups is 1. The number of ether oxygens (including phenoxy) is 1. The van der Waals surface area contributed by atoms with Crippen LogP contribution in [0.4, 0.5) is 0 Å². The molecule has 1 aliphatic heterocycles. The van der Waals surface area contributed by atoms with Crippen molar-refractivity contribution in [1.82, 2.24) is 4.90 Å². The first-order valence-corrected chi connectivity index (χ1v) is 9.84. The fraction of sp³-hybridized carbons (Fsp3) is 0.714. The van der Waals surface area contributed by atoms with Crippen molar-refractivity contribution in [2.75, 3.05) is 26.2 Å². The van der Waals surface area contributed by atoms with E-state index in [4.69, 9.17) is 4.74 Å². The Morgan fingerprint density at radius 2 is 1.80 bits per heavy atom. The van der Waals surface area contributed by atoms with Gasteiger partial charge in [0.15, 0.2) is 0 Å². The van der Waals surface area contributed by atoms with E-state index in [0.717, 1.165) is 37.2 Å². The molecule has 2 atom stereocenters. The predicted molar refractivity (Wildman–Crippen MR) is 106 cm³/mol. The molecule has 3 nitrogen and oxygen atoms in total. The molecule has 3 rings (SSSR count). The van der Waals surface area contributed by atoms with Gasteiger partial charge in [-0.1, -0.05) is 38.3 Å². The largest absolute Gasteiger partial charge is 0.491 e. The lowest BCUT2D eigenvalue weighted by Gasteiger charge is -2.32. The zero-order valence-corrected chi connectivity index (χ0v) is 16.3. The van der Waals surface area contributed by atoms with E-state index < -0.39 is 6.10 Å². The van der Waals surface area contributed by atoms with E-state index in [-0.39, 0.29) is 12.4 Å². The summed E-state index contributed by atoms with van der Waals surface area (Å²) in [5.74, 6) is 2.36. The van der Waals surface area contributed by atoms with E-state index in [1.54, 1.807) is 0 Å². The minimum Gasteiger partial charge on any atom is -0.491 e. The van der Waals surface area contributed by atoms with Crippen LogP contribution in [0.2, 0.25) is 0 Å². The maximum atomic E-state index is 10.2. The Bertz CT molecular complexity index is 487. The third-order valence-electron chi connectivity index (χ3n) is 5.61. The van der Waals surface area contributed by atoms with Crippen molar-refractivity contribution >= 4 is 12.4 Å². The highest BCUT2D eigenvalue weighted by Gasteiger charge is 2.19. The van der Waals surface area contributed by atoms with Gasteiger partial charge in [0.05, 0.1) is 0 Å². The van der Waals surface area contributed by atoms with Crippen molar-refractivity contribution in [3.8, 4) is 5.75 Å². The number of benzene rings is 1. The van der Waals surface area contributed by atoms with E-state index in [0.29, 0.717) is 6.61 Å². The van der Waals surface area contributed by atoms with Crippen LogP contribution in [0.15, 0.2) is 24.3 Å². The molecule has 0 radical (unpaired) electrons. The summed E-state index contributed by atoms with van der Waals surface area (Å²) in [7, 11) is 0. The highest BCUT2D eigenvalue weighted by molar-refractivity contribution is 5.85. The molecule has 0 spiro atoms. The summed E-state index contributed by atoms with van der Waals surface area (Å²) in [5.41, 5.74) is 1.45. The quantitative estimate of drug-likeness (QED) is 0.795. The van der Waals surface area contributed by atoms with Crippen molar-refractivity contribution in [3.63, 3.8) is 0 Å². The summed E-state index contributed by atoms with van der Waals surface area (Å²) in [5, 5.41) is 10.2. The molecule has 2 unspecified atom stereocenters. The molecule has 142 valence electrons. The molecule has 0 amide bonds. The molecule has 1 N–H and O–H groups in total. The Balaban J connectivity index is 0.00000225. The van der Waals surface area contributed by atoms with Gasteiger partial charge in [0.2, 0.25) is 0 Å². The number of nitrogens with zero attached hydrogens (tertiary/aromatic N) is 1. The Kier molecular flexibility index (Phi) is 8.54. The molecule has 1 saturated carbocycles. The van der Waals surface area contributed by atoms with Crippen LogP contribution < -0.4 is 4.74 Å². The molecule has 1 aromatic rings. The number of aliphatic hydroxyl groups excluding tert-OH is 1. The van der Waals surface area contributed by atoms with Crippen LogP contribution in [-0.4, -0.2) is 42.4 Å². The first kappa shape index (κ1) is 20.5. The number of piperidine rings is 1. The second-order valence-electron chi connectivity index (χ2n) is 7.88. The number of hydrogen-bond acceptors (Lipinski definition) is 3. The molecule has 1 saturated heterocycles. The van der Waals surface area contributed by atoms with Crippen LogP contribution in [0.5, 0.6) is 5.75 Å². The van der Waals surface area contributed by atoms with E-state index in [1.165, 1.54) is 50.5 Å². The van der Waals surface area contributed by atoms with Gasteiger partial charge in [0.25, 0.3) is 0 Å². The SMILES string of the molecule is CC1CCCN(CC(O)COc2ccc(C3CCCCC3)cc2)C1.Cl. The zero-order chi connectivity index (χ0) is 16.8. The van der Waals surface area contributed by atoms with Gasteiger partial charge in [0, 0.05) is 13.1 Å². The molecule has 2 aliphatic rings. The molecule has 1 heterocycles. The third kappa shape index (κ3) is 6.47. The highest BCUT2D eigenvalue weighted by Crippen LogP contribution is 2.33. The topological polar surface area (TPSA) is 32.7 Å². The van der Waals surface area contributed by atoms with E-state index in [9.17, 15) is 5.11 Å². The monoisotopic (exact) mass is 367 g/mol. The molecular formula is C21H34ClNO2. The minimum atomic E-state index is -0.409. The molecule has 0 aromatic heterocycles. The first-order valence-electron chi connectivity index (χ1n) is 9.84. The molecule has 1 aromatic carbocycles. The summed E-state index contributed by atoms with van der Waals surface area (Å²) in [6.07, 6.45) is 8.93. The lowest BCUT2D eigenvalue weighted by atomic mass is 9.84. The fourth-order valence-electron chi connectivity index (χ4n) is 4.27. The molecule has 1 aliphatic carbocycles. The standard InChI is InChI=1S/C21H33NO2.ClH/c1-17-6-5-13-22(14-17)15-20(23)16-24-21-11-9-19(10-12-21)18-7-3-2-4-8-18;/h9-12,17-18,20,23H,2-8,13-16H2,1H3;1H. The summed E-state index contributed by atoms with van der Waals surface area (Å²) in [6, 6.07) is 8.56. The average Bonchev–Trinajstić information content (AvgIpc) is 2.61. The van der Waals surface area contributed by atoms with Gasteiger partial charge in [-0.2, -0.15) is 0 Å². The van der Waals surface area contributed by atoms with Gasteiger partial charge >= 0.3 is 0 Å². The number of likely N-dealkylation sites (tertiary alicyclic amines) is 1. The minimum absolute atomic E-state index is 0. The van der Waals surface area contributed by atoms with Crippen molar-refractivity contribution in [2.24, 2.45) is 5.92 Å². The van der Waals surface area contributed by atoms with Crippen LogP contribution in [-0.2, 0) is 0 Å². The average molecular weight is 368 g/mol. The number of hydrogen-bond donors (Lipinski definition) is 1. The van der Waals surface area contributed by atoms with Crippen molar-refractivity contribution in [2.45, 2.75) is 63.9 Å². The second kappa shape index (κ2) is 10.4. The Hall–Kier alpha value is -0.770. The van der Waals surface area contributed by atoms with Crippen molar-refractivity contribution in [3.05, 3.63) is 29.8 Å². The van der Waals surface area contributed by atoms with Crippen molar-refractivity contribution < 1.29 is 9.84 Å². The van der Waals surface area contributed by atoms with Crippen LogP contribution in [0.1, 0.15) is 63.4 Å². The lowest BCUT2D eigenvalue weighted by molar-refractivity contribution is 0.0537. The molecular weight excluding hydrogens is 334 g/mol. The summed E-state index contributed by atoms with van der Waals surface area (Å²) < 4.78 is 5.80. The lowest BCUT2D eigenvalue weighted by Crippen LogP contribution is -2.41. The van der Waals surface area contributed by atoms with Gasteiger partial charge in [-0.25, -0.2) is 0 Å². The zero-order valence-electron chi connectivity index (χ0n) is 15.5. The third-order valence-corrected chi connectivity index (χ3v) is 5.61. The predicted octanol–water partition coefficient (Wildman–Crippen LogP) is 4.63.